The number of nitrogens with two attached hydrogens (primary N) is 5. The van der Waals surface area contributed by atoms with Crippen LogP contribution in [0.5, 0.6) is 0 Å². The van der Waals surface area contributed by atoms with Gasteiger partial charge in [-0.3, -0.25) is 19.4 Å². The van der Waals surface area contributed by atoms with Gasteiger partial charge in [0.15, 0.2) is 5.96 Å². The number of aliphatic imine (C=N–C) groups is 1. The maximum Gasteiger partial charge on any atom is 0.326 e. The third kappa shape index (κ3) is 12.5. The fraction of sp³-hybridized carbons (Fsp3) is 0.706. The fourth-order valence-corrected chi connectivity index (χ4v) is 2.51. The average Bonchev–Trinajstić information content (AvgIpc) is 2.66. The highest BCUT2D eigenvalue weighted by Gasteiger charge is 2.28. The monoisotopic (exact) mass is 430 g/mol. The van der Waals surface area contributed by atoms with Crippen LogP contribution in [0.2, 0.25) is 0 Å². The van der Waals surface area contributed by atoms with Crippen molar-refractivity contribution in [2.24, 2.45) is 33.7 Å². The third-order valence-corrected chi connectivity index (χ3v) is 4.18. The van der Waals surface area contributed by atoms with Crippen LogP contribution in [0.4, 0.5) is 0 Å². The van der Waals surface area contributed by atoms with Crippen molar-refractivity contribution in [3.8, 4) is 0 Å². The smallest absolute Gasteiger partial charge is 0.326 e. The highest BCUT2D eigenvalue weighted by atomic mass is 16.4. The number of hydrogen-bond donors (Lipinski definition) is 8. The van der Waals surface area contributed by atoms with Crippen molar-refractivity contribution < 1.29 is 24.3 Å². The number of carboxylic acids is 1. The average molecular weight is 431 g/mol. The third-order valence-electron chi connectivity index (χ3n) is 4.18. The first-order chi connectivity index (χ1) is 14.1. The first kappa shape index (κ1) is 27.1. The topological polar surface area (TPSA) is 255 Å². The van der Waals surface area contributed by atoms with E-state index in [2.05, 4.69) is 15.6 Å². The van der Waals surface area contributed by atoms with E-state index in [-0.39, 0.29) is 31.8 Å². The van der Waals surface area contributed by atoms with Gasteiger partial charge in [-0.25, -0.2) is 4.79 Å². The second-order valence-electron chi connectivity index (χ2n) is 6.81. The van der Waals surface area contributed by atoms with Crippen molar-refractivity contribution in [1.82, 2.24) is 10.6 Å². The number of unbranched alkanes of at least 4 members (excludes halogenated alkanes) is 1. The van der Waals surface area contributed by atoms with Gasteiger partial charge in [0.2, 0.25) is 17.7 Å². The highest BCUT2D eigenvalue weighted by molar-refractivity contribution is 5.92. The van der Waals surface area contributed by atoms with Gasteiger partial charge < -0.3 is 44.4 Å². The lowest BCUT2D eigenvalue weighted by Gasteiger charge is -2.22. The maximum absolute atomic E-state index is 12.6. The Morgan fingerprint density at radius 1 is 0.867 bits per heavy atom. The number of hydrogen-bond acceptors (Lipinski definition) is 7. The Morgan fingerprint density at radius 3 is 2.03 bits per heavy atom. The number of guanidine groups is 1. The van der Waals surface area contributed by atoms with Crippen LogP contribution >= 0.6 is 0 Å². The SMILES string of the molecule is NCCCCC(N)C(=O)NC(CCC(N)=O)C(=O)NC(CCCN=C(N)N)C(=O)O. The Labute approximate surface area is 175 Å². The predicted octanol–water partition coefficient (Wildman–Crippen LogP) is -3.18. The molecular formula is C17H34N8O5. The molecule has 0 rings (SSSR count). The van der Waals surface area contributed by atoms with E-state index in [1.165, 1.54) is 0 Å². The molecule has 0 saturated carbocycles. The van der Waals surface area contributed by atoms with Crippen LogP contribution in [0.3, 0.4) is 0 Å². The maximum atomic E-state index is 12.6. The van der Waals surface area contributed by atoms with E-state index < -0.39 is 41.8 Å². The number of primary amides is 1. The molecule has 0 spiro atoms. The molecule has 13 nitrogen and oxygen atoms in total. The standard InChI is InChI=1S/C17H34N8O5/c18-8-2-1-4-10(19)14(27)24-11(6-7-13(20)26)15(28)25-12(16(29)30)5-3-9-23-17(21)22/h10-12H,1-9,18-19H2,(H2,20,26)(H,24,27)(H,25,28)(H,29,30)(H4,21,22,23). The molecule has 30 heavy (non-hydrogen) atoms. The van der Waals surface area contributed by atoms with E-state index in [4.69, 9.17) is 28.7 Å². The van der Waals surface area contributed by atoms with Crippen LogP contribution in [0.15, 0.2) is 4.99 Å². The molecule has 13 heteroatoms. The highest BCUT2D eigenvalue weighted by Crippen LogP contribution is 2.05. The van der Waals surface area contributed by atoms with Crippen LogP contribution < -0.4 is 39.3 Å². The van der Waals surface area contributed by atoms with Crippen molar-refractivity contribution in [3.05, 3.63) is 0 Å². The lowest BCUT2D eigenvalue weighted by Crippen LogP contribution is -2.54. The van der Waals surface area contributed by atoms with Gasteiger partial charge in [0.25, 0.3) is 0 Å². The van der Waals surface area contributed by atoms with E-state index in [0.717, 1.165) is 0 Å². The zero-order valence-electron chi connectivity index (χ0n) is 17.0. The summed E-state index contributed by atoms with van der Waals surface area (Å²) in [6, 6.07) is -3.25. The minimum absolute atomic E-state index is 0.0624. The number of carbonyl (C=O) groups is 4. The number of nitrogens with zero attached hydrogens (tertiary/aromatic N) is 1. The Morgan fingerprint density at radius 2 is 1.50 bits per heavy atom. The summed E-state index contributed by atoms with van der Waals surface area (Å²) in [7, 11) is 0. The number of amides is 3. The molecule has 0 aromatic carbocycles. The molecule has 0 fully saturated rings. The predicted molar refractivity (Wildman–Crippen MR) is 111 cm³/mol. The summed E-state index contributed by atoms with van der Waals surface area (Å²) in [6.45, 7) is 0.666. The summed E-state index contributed by atoms with van der Waals surface area (Å²) in [4.78, 5) is 51.1. The molecule has 0 aromatic heterocycles. The van der Waals surface area contributed by atoms with Gasteiger partial charge in [-0.2, -0.15) is 0 Å². The molecular weight excluding hydrogens is 396 g/mol. The normalized spacial score (nSPS) is 13.5. The molecule has 3 atom stereocenters. The number of carbonyl (C=O) groups excluding carboxylic acids is 3. The van der Waals surface area contributed by atoms with Gasteiger partial charge in [0.1, 0.15) is 12.1 Å². The quantitative estimate of drug-likeness (QED) is 0.0696. The van der Waals surface area contributed by atoms with Crippen LogP contribution in [-0.4, -0.2) is 66.0 Å². The molecule has 0 aliphatic carbocycles. The van der Waals surface area contributed by atoms with Gasteiger partial charge >= 0.3 is 5.97 Å². The molecule has 0 aromatic rings. The molecule has 0 aliphatic heterocycles. The van der Waals surface area contributed by atoms with Crippen molar-refractivity contribution in [2.45, 2.75) is 63.1 Å². The Kier molecular flexibility index (Phi) is 13.5. The molecule has 3 amide bonds. The first-order valence-corrected chi connectivity index (χ1v) is 9.71. The van der Waals surface area contributed by atoms with Gasteiger partial charge in [-0.05, 0) is 38.6 Å². The molecule has 0 aliphatic rings. The Bertz CT molecular complexity index is 609. The zero-order chi connectivity index (χ0) is 23.1. The van der Waals surface area contributed by atoms with Gasteiger partial charge in [0.05, 0.1) is 6.04 Å². The summed E-state index contributed by atoms with van der Waals surface area (Å²) < 4.78 is 0. The van der Waals surface area contributed by atoms with Crippen molar-refractivity contribution >= 4 is 29.7 Å². The minimum atomic E-state index is -1.26. The van der Waals surface area contributed by atoms with Gasteiger partial charge in [0, 0.05) is 13.0 Å². The molecule has 0 heterocycles. The van der Waals surface area contributed by atoms with Crippen molar-refractivity contribution in [2.75, 3.05) is 13.1 Å². The van der Waals surface area contributed by atoms with Gasteiger partial charge in [-0.15, -0.1) is 0 Å². The summed E-state index contributed by atoms with van der Waals surface area (Å²) in [5.74, 6) is -3.39. The summed E-state index contributed by atoms with van der Waals surface area (Å²) in [6.07, 6.45) is 1.81. The lowest BCUT2D eigenvalue weighted by molar-refractivity contribution is -0.142. The molecule has 0 bridgehead atoms. The lowest BCUT2D eigenvalue weighted by atomic mass is 10.1. The molecule has 172 valence electrons. The molecule has 0 saturated heterocycles. The van der Waals surface area contributed by atoms with Gasteiger partial charge in [-0.1, -0.05) is 6.42 Å². The summed E-state index contributed by atoms with van der Waals surface area (Å²) >= 11 is 0. The van der Waals surface area contributed by atoms with E-state index in [1.54, 1.807) is 0 Å². The van der Waals surface area contributed by atoms with Crippen molar-refractivity contribution in [1.29, 1.82) is 0 Å². The fourth-order valence-electron chi connectivity index (χ4n) is 2.51. The van der Waals surface area contributed by atoms with Crippen LogP contribution in [0.25, 0.3) is 0 Å². The van der Waals surface area contributed by atoms with Crippen molar-refractivity contribution in [3.63, 3.8) is 0 Å². The molecule has 0 radical (unpaired) electrons. The second-order valence-corrected chi connectivity index (χ2v) is 6.81. The first-order valence-electron chi connectivity index (χ1n) is 9.71. The largest absolute Gasteiger partial charge is 0.480 e. The summed E-state index contributed by atoms with van der Waals surface area (Å²) in [5.41, 5.74) is 26.7. The zero-order valence-corrected chi connectivity index (χ0v) is 17.0. The molecule has 13 N–H and O–H groups in total. The van der Waals surface area contributed by atoms with E-state index in [0.29, 0.717) is 32.2 Å². The number of aliphatic carboxylic acids is 1. The number of nitrogens with one attached hydrogen (secondary N) is 2. The van der Waals surface area contributed by atoms with E-state index in [1.807, 2.05) is 0 Å². The Hall–Kier alpha value is -2.93. The number of rotatable bonds is 16. The summed E-state index contributed by atoms with van der Waals surface area (Å²) in [5, 5.41) is 14.1. The second kappa shape index (κ2) is 15.0. The molecule has 3 unspecified atom stereocenters. The minimum Gasteiger partial charge on any atom is -0.480 e. The van der Waals surface area contributed by atoms with Crippen LogP contribution in [-0.2, 0) is 19.2 Å². The van der Waals surface area contributed by atoms with Crippen LogP contribution in [0.1, 0.15) is 44.9 Å². The number of carboxylic acid groups (broad SMARTS) is 1. The van der Waals surface area contributed by atoms with E-state index >= 15 is 0 Å². The Balaban J connectivity index is 4.99. The van der Waals surface area contributed by atoms with E-state index in [9.17, 15) is 24.3 Å². The van der Waals surface area contributed by atoms with Crippen LogP contribution in [0, 0.1) is 0 Å².